The number of amides is 1. The molecule has 304 valence electrons. The van der Waals surface area contributed by atoms with Gasteiger partial charge < -0.3 is 24.2 Å². The van der Waals surface area contributed by atoms with Crippen LogP contribution < -0.4 is 25.1 Å². The average molecular weight is 875 g/mol. The molecule has 1 fully saturated rings. The topological polar surface area (TPSA) is 121 Å². The first-order valence-electron chi connectivity index (χ1n) is 19.8. The maximum Gasteiger partial charge on any atom is 0.297 e. The lowest BCUT2D eigenvalue weighted by atomic mass is 9.82. The average Bonchev–Trinajstić information content (AvgIpc) is 3.91. The predicted molar refractivity (Wildman–Crippen MR) is 234 cm³/mol. The molecule has 0 radical (unpaired) electrons. The van der Waals surface area contributed by atoms with E-state index in [1.807, 2.05) is 101 Å². The molecule has 11 nitrogen and oxygen atoms in total. The van der Waals surface area contributed by atoms with Gasteiger partial charge in [0, 0.05) is 40.6 Å². The molecule has 1 spiro atoms. The van der Waals surface area contributed by atoms with Gasteiger partial charge in [-0.3, -0.25) is 18.8 Å². The molecule has 8 rings (SSSR count). The van der Waals surface area contributed by atoms with Gasteiger partial charge in [0.15, 0.2) is 11.4 Å². The van der Waals surface area contributed by atoms with Crippen LogP contribution in [0.2, 0.25) is 18.6 Å². The highest BCUT2D eigenvalue weighted by molar-refractivity contribution is 9.10. The van der Waals surface area contributed by atoms with Crippen LogP contribution >= 0.6 is 15.9 Å². The number of methoxy groups -OCH3 is 2. The predicted octanol–water partition coefficient (Wildman–Crippen LogP) is 7.19. The van der Waals surface area contributed by atoms with Gasteiger partial charge in [-0.2, -0.15) is 0 Å². The Balaban J connectivity index is 1.15. The summed E-state index contributed by atoms with van der Waals surface area (Å²) >= 11 is 3.73. The molecule has 2 aromatic heterocycles. The molecule has 5 atom stereocenters. The van der Waals surface area contributed by atoms with Crippen molar-refractivity contribution in [1.29, 1.82) is 0 Å². The van der Waals surface area contributed by atoms with Gasteiger partial charge >= 0.3 is 0 Å². The van der Waals surface area contributed by atoms with Gasteiger partial charge in [0.2, 0.25) is 0 Å². The van der Waals surface area contributed by atoms with E-state index in [0.29, 0.717) is 24.3 Å². The number of hydrogen-bond donors (Lipinski definition) is 1. The van der Waals surface area contributed by atoms with Crippen LogP contribution in [0.1, 0.15) is 41.6 Å². The van der Waals surface area contributed by atoms with Crippen LogP contribution in [0.4, 0.5) is 5.69 Å². The van der Waals surface area contributed by atoms with Crippen LogP contribution in [-0.4, -0.2) is 65.6 Å². The van der Waals surface area contributed by atoms with Crippen LogP contribution in [0.5, 0.6) is 11.5 Å². The van der Waals surface area contributed by atoms with E-state index in [1.54, 1.807) is 30.0 Å². The van der Waals surface area contributed by atoms with Gasteiger partial charge in [-0.1, -0.05) is 101 Å². The van der Waals surface area contributed by atoms with E-state index in [4.69, 9.17) is 14.2 Å². The zero-order chi connectivity index (χ0) is 41.5. The van der Waals surface area contributed by atoms with E-state index in [9.17, 15) is 9.90 Å². The zero-order valence-corrected chi connectivity index (χ0v) is 36.4. The van der Waals surface area contributed by atoms with Gasteiger partial charge in [-0.15, -0.1) is 5.10 Å². The van der Waals surface area contributed by atoms with E-state index in [2.05, 4.69) is 58.4 Å². The Morgan fingerprint density at radius 2 is 1.71 bits per heavy atom. The van der Waals surface area contributed by atoms with Gasteiger partial charge in [0.05, 0.1) is 58.8 Å². The number of hydrogen-bond acceptors (Lipinski definition) is 8. The van der Waals surface area contributed by atoms with E-state index < -0.39 is 13.7 Å². The molecule has 0 aliphatic carbocycles. The summed E-state index contributed by atoms with van der Waals surface area (Å²) in [5.74, 6) is 0.441. The number of carbonyl (C=O) groups is 1. The van der Waals surface area contributed by atoms with Crippen molar-refractivity contribution in [3.63, 3.8) is 0 Å². The number of aliphatic hydroxyl groups is 1. The van der Waals surface area contributed by atoms with Gasteiger partial charge in [0.25, 0.3) is 11.5 Å². The molecule has 2 aliphatic heterocycles. The van der Waals surface area contributed by atoms with Gasteiger partial charge in [0.1, 0.15) is 5.75 Å². The molecule has 1 saturated heterocycles. The monoisotopic (exact) mass is 873 g/mol. The number of benzene rings is 4. The molecule has 59 heavy (non-hydrogen) atoms. The Kier molecular flexibility index (Phi) is 11.2. The van der Waals surface area contributed by atoms with Gasteiger partial charge in [-0.25, -0.2) is 0 Å². The molecule has 13 heteroatoms. The Bertz CT molecular complexity index is 2530. The fourth-order valence-electron chi connectivity index (χ4n) is 9.43. The van der Waals surface area contributed by atoms with E-state index in [1.165, 1.54) is 12.3 Å². The summed E-state index contributed by atoms with van der Waals surface area (Å²) < 4.78 is 22.4. The molecule has 1 unspecified atom stereocenters. The maximum absolute atomic E-state index is 15.4. The number of aromatic nitrogens is 4. The minimum atomic E-state index is -2.41. The minimum Gasteiger partial charge on any atom is -0.497 e. The zero-order valence-electron chi connectivity index (χ0n) is 33.8. The number of fused-ring (bicyclic) bond motifs is 2. The Morgan fingerprint density at radius 3 is 2.44 bits per heavy atom. The molecule has 0 saturated carbocycles. The quantitative estimate of drug-likeness (QED) is 0.121. The summed E-state index contributed by atoms with van der Waals surface area (Å²) in [5, 5.41) is 20.6. The van der Waals surface area contributed by atoms with Crippen LogP contribution in [0.3, 0.4) is 0 Å². The first-order chi connectivity index (χ1) is 28.5. The molecule has 6 aromatic rings. The molecule has 1 N–H and O–H groups in total. The summed E-state index contributed by atoms with van der Waals surface area (Å²) in [5.41, 5.74) is 3.35. The van der Waals surface area contributed by atoms with Crippen LogP contribution in [0.25, 0.3) is 5.69 Å². The number of nitrogens with zero attached hydrogens (tertiary/aromatic N) is 5. The van der Waals surface area contributed by atoms with Crippen LogP contribution in [-0.2, 0) is 28.2 Å². The number of rotatable bonds is 13. The third-order valence-corrected chi connectivity index (χ3v) is 17.3. The Hall–Kier alpha value is -5.34. The summed E-state index contributed by atoms with van der Waals surface area (Å²) in [7, 11) is 0.747. The molecular formula is C46H48BrN5O6Si. The minimum absolute atomic E-state index is 0.0207. The third kappa shape index (κ3) is 7.24. The summed E-state index contributed by atoms with van der Waals surface area (Å²) in [4.78, 5) is 30.4. The highest BCUT2D eigenvalue weighted by Gasteiger charge is 2.66. The number of aryl methyl sites for hydroxylation is 1. The number of carbonyl (C=O) groups excluding carboxylic acids is 1. The lowest BCUT2D eigenvalue weighted by Crippen LogP contribution is -2.51. The van der Waals surface area contributed by atoms with Crippen molar-refractivity contribution in [1.82, 2.24) is 19.6 Å². The summed E-state index contributed by atoms with van der Waals surface area (Å²) in [6.07, 6.45) is 3.91. The smallest absolute Gasteiger partial charge is 0.297 e. The SMILES string of the molecule is COc1ccc([Si](C)(C)[C@@H]2[C@@H](CCn3cc(C(CO)c4ccccc4)nn3)O[C@]3(C(=O)N(Cc4cccc(-n5cccc(OC)c5=O)c4)c4ccc(Br)cc43)[C@H]2C)cc1. The van der Waals surface area contributed by atoms with Crippen molar-refractivity contribution in [3.8, 4) is 17.2 Å². The first-order valence-corrected chi connectivity index (χ1v) is 23.7. The lowest BCUT2D eigenvalue weighted by Gasteiger charge is -2.37. The fraction of sp³-hybridized carbons (Fsp3) is 0.304. The second kappa shape index (κ2) is 16.4. The number of pyridine rings is 1. The molecule has 2 aliphatic rings. The number of anilines is 1. The Labute approximate surface area is 353 Å². The van der Waals surface area contributed by atoms with Crippen molar-refractivity contribution >= 4 is 40.8 Å². The summed E-state index contributed by atoms with van der Waals surface area (Å²) in [6, 6.07) is 35.3. The van der Waals surface area contributed by atoms with Crippen LogP contribution in [0, 0.1) is 5.92 Å². The molecule has 4 heterocycles. The second-order valence-corrected chi connectivity index (χ2v) is 21.6. The van der Waals surface area contributed by atoms with E-state index >= 15 is 4.79 Å². The summed E-state index contributed by atoms with van der Waals surface area (Å²) in [6.45, 7) is 7.63. The van der Waals surface area contributed by atoms with Gasteiger partial charge in [-0.05, 0) is 77.7 Å². The number of ether oxygens (including phenoxy) is 3. The van der Waals surface area contributed by atoms with E-state index in [0.717, 1.165) is 32.6 Å². The number of aliphatic hydroxyl groups excluding tert-OH is 1. The Morgan fingerprint density at radius 1 is 0.932 bits per heavy atom. The fourth-order valence-corrected chi connectivity index (χ4v) is 13.9. The van der Waals surface area contributed by atoms with Crippen molar-refractivity contribution < 1.29 is 24.1 Å². The highest BCUT2D eigenvalue weighted by atomic mass is 79.9. The van der Waals surface area contributed by atoms with Crippen molar-refractivity contribution in [2.75, 3.05) is 25.7 Å². The maximum atomic E-state index is 15.4. The first kappa shape index (κ1) is 40.4. The van der Waals surface area contributed by atoms with E-state index in [-0.39, 0.29) is 53.8 Å². The molecule has 0 bridgehead atoms. The highest BCUT2D eigenvalue weighted by Crippen LogP contribution is 2.60. The number of halogens is 1. The standard InChI is InChI=1S/C46H48BrN5O6Si/c1-30-43(59(4,5)36-19-17-35(56-2)18-20-36)41(22-24-50-28-39(48-49-50)37(29-53)32-12-7-6-8-13-32)58-46(30)38-26-33(47)16-21-40(38)52(45(46)55)27-31-11-9-14-34(25-31)51-23-10-15-42(57-3)44(51)54/h6-21,23,25-26,28,30,37,41,43,53H,22,24,27,29H2,1-5H3/t30-,37?,41+,43-,46+/m0/s1. The van der Waals surface area contributed by atoms with Crippen molar-refractivity contribution in [2.24, 2.45) is 5.92 Å². The molecular weight excluding hydrogens is 827 g/mol. The van der Waals surface area contributed by atoms with Crippen molar-refractivity contribution in [3.05, 3.63) is 159 Å². The normalized spacial score (nSPS) is 20.6. The lowest BCUT2D eigenvalue weighted by molar-refractivity contribution is -0.146. The second-order valence-electron chi connectivity index (χ2n) is 16.0. The van der Waals surface area contributed by atoms with Crippen LogP contribution in [0.15, 0.2) is 131 Å². The molecule has 4 aromatic carbocycles. The van der Waals surface area contributed by atoms with Crippen molar-refractivity contribution in [2.45, 2.75) is 62.7 Å². The third-order valence-electron chi connectivity index (χ3n) is 12.4. The largest absolute Gasteiger partial charge is 0.497 e. The molecule has 1 amide bonds.